The number of hydrogen-bond acceptors (Lipinski definition) is 19. The summed E-state index contributed by atoms with van der Waals surface area (Å²) in [5.74, 6) is -6.82. The van der Waals surface area contributed by atoms with Crippen LogP contribution in [0.1, 0.15) is 6.42 Å². The van der Waals surface area contributed by atoms with Crippen LogP contribution in [-0.2, 0) is 23.8 Å². The molecule has 5 rings (SSSR count). The van der Waals surface area contributed by atoms with Crippen LogP contribution in [0, 0.1) is 0 Å². The Hall–Kier alpha value is -4.77. The molecule has 0 radical (unpaired) electrons. The highest BCUT2D eigenvalue weighted by molar-refractivity contribution is 5.90. The summed E-state index contributed by atoms with van der Waals surface area (Å²) in [5.41, 5.74) is -1.05. The number of hydrogen-bond donors (Lipinski definition) is 11. The van der Waals surface area contributed by atoms with Crippen LogP contribution in [0.3, 0.4) is 0 Å². The largest absolute Gasteiger partial charge is 0.507 e. The summed E-state index contributed by atoms with van der Waals surface area (Å²) in [6.45, 7) is -1.59. The molecule has 272 valence electrons. The minimum absolute atomic E-state index is 0.130. The van der Waals surface area contributed by atoms with Gasteiger partial charge in [-0.05, 0) is 18.2 Å². The maximum Gasteiger partial charge on any atom is 0.317 e. The zero-order valence-corrected chi connectivity index (χ0v) is 25.4. The van der Waals surface area contributed by atoms with Crippen molar-refractivity contribution >= 4 is 11.9 Å². The number of fused-ring (bicyclic) bond motifs is 1. The average molecular weight is 713 g/mol. The molecule has 0 amide bonds. The minimum atomic E-state index is -2.00. The number of carbonyl (C=O) groups excluding carboxylic acids is 1. The average Bonchev–Trinajstić information content (AvgIpc) is 3.06. The van der Waals surface area contributed by atoms with Gasteiger partial charge in [-0.15, -0.1) is 0 Å². The second kappa shape index (κ2) is 14.6. The number of carbonyl (C=O) groups is 2. The summed E-state index contributed by atoms with van der Waals surface area (Å²) < 4.78 is 32.7. The van der Waals surface area contributed by atoms with Crippen LogP contribution in [0.15, 0.2) is 39.5 Å². The van der Waals surface area contributed by atoms with Gasteiger partial charge < -0.3 is 84.3 Å². The predicted octanol–water partition coefficient (Wildman–Crippen LogP) is -3.09. The van der Waals surface area contributed by atoms with Gasteiger partial charge in [0.2, 0.25) is 18.3 Å². The van der Waals surface area contributed by atoms with Crippen molar-refractivity contribution in [1.29, 1.82) is 0 Å². The highest BCUT2D eigenvalue weighted by Crippen LogP contribution is 2.46. The fourth-order valence-electron chi connectivity index (χ4n) is 5.19. The van der Waals surface area contributed by atoms with Gasteiger partial charge in [-0.25, -0.2) is 0 Å². The SMILES string of the molecule is O=C(O)CC(=O)OC[C@H]1O[C@@H](Oc2cc3c(O)cc(=O)cc-3oc2-c2cc(O)c(O)c(O[C@@H]3O[C@H](CO)[C@@H](O)[C@H](O)[C@H]3O)c2)[C@H](O)[C@@H](O)[C@@H]1O. The van der Waals surface area contributed by atoms with E-state index in [-0.39, 0.29) is 16.9 Å². The Balaban J connectivity index is 1.53. The number of ether oxygens (including phenoxy) is 5. The van der Waals surface area contributed by atoms with E-state index in [0.717, 1.165) is 30.3 Å². The van der Waals surface area contributed by atoms with Crippen molar-refractivity contribution in [1.82, 2.24) is 0 Å². The lowest BCUT2D eigenvalue weighted by molar-refractivity contribution is -0.278. The van der Waals surface area contributed by atoms with Gasteiger partial charge in [-0.1, -0.05) is 0 Å². The quantitative estimate of drug-likeness (QED) is 0.0563. The third-order valence-electron chi connectivity index (χ3n) is 7.83. The number of benzene rings is 2. The molecule has 0 spiro atoms. The molecule has 1 aromatic rings. The van der Waals surface area contributed by atoms with Crippen molar-refractivity contribution in [3.05, 3.63) is 40.6 Å². The van der Waals surface area contributed by atoms with E-state index in [1.807, 2.05) is 0 Å². The topological polar surface area (TPSA) is 333 Å². The van der Waals surface area contributed by atoms with Gasteiger partial charge >= 0.3 is 11.9 Å². The van der Waals surface area contributed by atoms with Crippen LogP contribution in [0.4, 0.5) is 0 Å². The van der Waals surface area contributed by atoms with Crippen LogP contribution < -0.4 is 14.9 Å². The molecule has 2 saturated heterocycles. The van der Waals surface area contributed by atoms with Crippen LogP contribution in [0.2, 0.25) is 0 Å². The Morgan fingerprint density at radius 3 is 1.94 bits per heavy atom. The molecule has 2 fully saturated rings. The van der Waals surface area contributed by atoms with Gasteiger partial charge in [-0.2, -0.15) is 0 Å². The normalized spacial score (nSPS) is 29.7. The maximum atomic E-state index is 12.2. The first-order chi connectivity index (χ1) is 23.6. The second-order valence-corrected chi connectivity index (χ2v) is 11.3. The Kier molecular flexibility index (Phi) is 10.7. The van der Waals surface area contributed by atoms with Crippen molar-refractivity contribution in [2.75, 3.05) is 13.2 Å². The Labute approximate surface area is 279 Å². The van der Waals surface area contributed by atoms with E-state index in [1.165, 1.54) is 0 Å². The van der Waals surface area contributed by atoms with Gasteiger partial charge in [0.15, 0.2) is 28.4 Å². The first-order valence-corrected chi connectivity index (χ1v) is 14.7. The molecule has 0 bridgehead atoms. The molecule has 4 aliphatic rings. The van der Waals surface area contributed by atoms with Crippen molar-refractivity contribution in [3.8, 4) is 51.4 Å². The van der Waals surface area contributed by atoms with Gasteiger partial charge in [0, 0.05) is 17.7 Å². The number of carboxylic acids is 1. The lowest BCUT2D eigenvalue weighted by atomic mass is 9.99. The van der Waals surface area contributed by atoms with E-state index in [1.54, 1.807) is 0 Å². The van der Waals surface area contributed by atoms with Crippen LogP contribution in [0.25, 0.3) is 22.6 Å². The summed E-state index contributed by atoms with van der Waals surface area (Å²) in [6.07, 6.45) is -19.1. The molecular formula is C30H32O20. The summed E-state index contributed by atoms with van der Waals surface area (Å²) in [5, 5.41) is 112. The molecule has 10 atom stereocenters. The second-order valence-electron chi connectivity index (χ2n) is 11.3. The molecule has 3 aliphatic heterocycles. The summed E-state index contributed by atoms with van der Waals surface area (Å²) in [6, 6.07) is 4.82. The number of aliphatic hydroxyl groups is 7. The number of aliphatic carboxylic acids is 1. The number of aromatic hydroxyl groups is 3. The zero-order valence-electron chi connectivity index (χ0n) is 25.4. The molecule has 1 aliphatic carbocycles. The molecule has 50 heavy (non-hydrogen) atoms. The monoisotopic (exact) mass is 712 g/mol. The van der Waals surface area contributed by atoms with Crippen LogP contribution in [-0.4, -0.2) is 143 Å². The summed E-state index contributed by atoms with van der Waals surface area (Å²) >= 11 is 0. The van der Waals surface area contributed by atoms with Crippen LogP contribution in [0.5, 0.6) is 28.7 Å². The molecule has 0 saturated carbocycles. The standard InChI is InChI=1S/C30H32O20/c31-7-17-22(39)24(41)26(43)29(49-17)47-15-2-9(1-13(34)21(15)38)28-16(5-11-12(33)3-10(32)4-14(11)46-28)48-30-27(44)25(42)23(40)18(50-30)8-45-20(37)6-19(35)36/h1-5,17-18,22-27,29-31,33-34,38-44H,6-8H2,(H,35,36)/t17-,18-,22-,23-,24+,25+,26-,27-,29-,30-/m1/s1. The fraction of sp³-hybridized carbons (Fsp3) is 0.433. The van der Waals surface area contributed by atoms with Crippen LogP contribution >= 0.6 is 0 Å². The molecule has 1 aromatic carbocycles. The number of phenolic OH excluding ortho intramolecular Hbond substituents is 3. The molecule has 0 aromatic heterocycles. The molecule has 0 unspecified atom stereocenters. The first-order valence-electron chi connectivity index (χ1n) is 14.7. The fourth-order valence-corrected chi connectivity index (χ4v) is 5.19. The van der Waals surface area contributed by atoms with E-state index >= 15 is 0 Å². The number of esters is 1. The molecule has 20 heteroatoms. The molecule has 3 heterocycles. The minimum Gasteiger partial charge on any atom is -0.507 e. The number of rotatable bonds is 10. The number of carboxylic acid groups (broad SMARTS) is 1. The van der Waals surface area contributed by atoms with E-state index in [2.05, 4.69) is 0 Å². The Morgan fingerprint density at radius 1 is 0.720 bits per heavy atom. The third-order valence-corrected chi connectivity index (χ3v) is 7.83. The summed E-state index contributed by atoms with van der Waals surface area (Å²) in [4.78, 5) is 34.7. The molecular weight excluding hydrogens is 680 g/mol. The first kappa shape index (κ1) is 36.5. The molecule has 20 nitrogen and oxygen atoms in total. The Morgan fingerprint density at radius 2 is 1.32 bits per heavy atom. The summed E-state index contributed by atoms with van der Waals surface area (Å²) in [7, 11) is 0. The van der Waals surface area contributed by atoms with Gasteiger partial charge in [0.1, 0.15) is 73.4 Å². The predicted molar refractivity (Wildman–Crippen MR) is 157 cm³/mol. The zero-order chi connectivity index (χ0) is 36.6. The van der Waals surface area contributed by atoms with E-state index in [4.69, 9.17) is 33.2 Å². The van der Waals surface area contributed by atoms with Crippen molar-refractivity contribution in [2.45, 2.75) is 67.8 Å². The van der Waals surface area contributed by atoms with E-state index in [0.29, 0.717) is 0 Å². The van der Waals surface area contributed by atoms with Crippen molar-refractivity contribution in [2.24, 2.45) is 0 Å². The highest BCUT2D eigenvalue weighted by Gasteiger charge is 2.47. The third kappa shape index (κ3) is 7.38. The number of phenols is 3. The van der Waals surface area contributed by atoms with E-state index < -0.39 is 133 Å². The van der Waals surface area contributed by atoms with Crippen molar-refractivity contribution in [3.63, 3.8) is 0 Å². The Bertz CT molecular complexity index is 1740. The van der Waals surface area contributed by atoms with Gasteiger partial charge in [0.25, 0.3) is 0 Å². The number of aliphatic hydroxyl groups excluding tert-OH is 7. The van der Waals surface area contributed by atoms with Gasteiger partial charge in [0.05, 0.1) is 12.2 Å². The lowest BCUT2D eigenvalue weighted by Crippen LogP contribution is -2.60. The maximum absolute atomic E-state index is 12.2. The highest BCUT2D eigenvalue weighted by atomic mass is 16.7. The lowest BCUT2D eigenvalue weighted by Gasteiger charge is -2.40. The smallest absolute Gasteiger partial charge is 0.317 e. The molecule has 11 N–H and O–H groups in total. The van der Waals surface area contributed by atoms with Crippen molar-refractivity contribution < 1.29 is 93.9 Å². The van der Waals surface area contributed by atoms with E-state index in [9.17, 15) is 65.4 Å². The van der Waals surface area contributed by atoms with Gasteiger partial charge in [-0.3, -0.25) is 14.4 Å².